The molecule has 0 spiro atoms. The van der Waals surface area contributed by atoms with Crippen LogP contribution < -0.4 is 11.0 Å². The Kier molecular flexibility index (Phi) is 2.05. The van der Waals surface area contributed by atoms with Gasteiger partial charge in [0.25, 0.3) is 0 Å². The molecule has 0 rings (SSSR count). The quantitative estimate of drug-likeness (QED) is 0.479. The third-order valence-electron chi connectivity index (χ3n) is 0.309. The number of carbonyl (C=O) groups is 1. The van der Waals surface area contributed by atoms with Gasteiger partial charge >= 0.3 is 56.1 Å². The fraction of sp³-hybridized carbons (Fsp3) is 0.500. The maximum absolute atomic E-state index is 10.1. The Morgan fingerprint density at radius 3 is 2.11 bits per heavy atom. The standard InChI is InChI=1S/C2H8ClN2O3P/c1-2(6)8-9(3,4,5)7/h7H,4-5H2,1H3. The van der Waals surface area contributed by atoms with Gasteiger partial charge in [0, 0.05) is 0 Å². The van der Waals surface area contributed by atoms with E-state index in [0.29, 0.717) is 0 Å². The zero-order chi connectivity index (χ0) is 7.73. The van der Waals surface area contributed by atoms with Crippen LogP contribution >= 0.6 is 18.0 Å². The first-order valence-electron chi connectivity index (χ1n) is 1.98. The van der Waals surface area contributed by atoms with Crippen LogP contribution in [0.2, 0.25) is 0 Å². The van der Waals surface area contributed by atoms with Gasteiger partial charge in [0.05, 0.1) is 0 Å². The van der Waals surface area contributed by atoms with E-state index in [1.807, 2.05) is 0 Å². The Balaban J connectivity index is 4.05. The molecular weight excluding hydrogens is 166 g/mol. The van der Waals surface area contributed by atoms with Gasteiger partial charge in [0.2, 0.25) is 0 Å². The Morgan fingerprint density at radius 1 is 1.78 bits per heavy atom. The zero-order valence-corrected chi connectivity index (χ0v) is 6.39. The molecule has 5 N–H and O–H groups in total. The Hall–Kier alpha value is 0.0700. The molecule has 0 aliphatic carbocycles. The number of hydrogen-bond acceptors (Lipinski definition) is 5. The molecule has 7 heteroatoms. The average Bonchev–Trinajstić information content (AvgIpc) is 1.16. The minimum absolute atomic E-state index is 0.810. The summed E-state index contributed by atoms with van der Waals surface area (Å²) in [6, 6.07) is 0. The molecule has 0 aliphatic heterocycles. The molecule has 0 aromatic heterocycles. The van der Waals surface area contributed by atoms with Crippen LogP contribution in [0.5, 0.6) is 0 Å². The van der Waals surface area contributed by atoms with Crippen LogP contribution in [-0.4, -0.2) is 10.9 Å². The summed E-state index contributed by atoms with van der Waals surface area (Å²) in [4.78, 5) is 18.7. The van der Waals surface area contributed by atoms with Crippen LogP contribution in [0.25, 0.3) is 0 Å². The average molecular weight is 175 g/mol. The van der Waals surface area contributed by atoms with Crippen LogP contribution in [0, 0.1) is 0 Å². The van der Waals surface area contributed by atoms with Crippen molar-refractivity contribution >= 4 is 23.9 Å². The first-order chi connectivity index (χ1) is 3.67. The topological polar surface area (TPSA) is 98.6 Å². The second kappa shape index (κ2) is 2.04. The van der Waals surface area contributed by atoms with E-state index < -0.39 is 12.7 Å². The molecule has 9 heavy (non-hydrogen) atoms. The predicted molar refractivity (Wildman–Crippen MR) is 35.1 cm³/mol. The second-order valence-corrected chi connectivity index (χ2v) is 5.84. The van der Waals surface area contributed by atoms with E-state index in [1.165, 1.54) is 0 Å². The summed E-state index contributed by atoms with van der Waals surface area (Å²) in [5.41, 5.74) is 9.53. The third kappa shape index (κ3) is 8.07. The summed E-state index contributed by atoms with van der Waals surface area (Å²) in [6.07, 6.45) is 0. The van der Waals surface area contributed by atoms with E-state index in [2.05, 4.69) is 4.52 Å². The number of nitrogens with two attached hydrogens (primary N) is 2. The van der Waals surface area contributed by atoms with Crippen LogP contribution in [0.1, 0.15) is 6.92 Å². The minimum atomic E-state index is -4.55. The van der Waals surface area contributed by atoms with Crippen molar-refractivity contribution in [1.29, 1.82) is 0 Å². The van der Waals surface area contributed by atoms with Gasteiger partial charge in [0.1, 0.15) is 0 Å². The van der Waals surface area contributed by atoms with Gasteiger partial charge in [-0.15, -0.1) is 0 Å². The first-order valence-corrected chi connectivity index (χ1v) is 5.13. The van der Waals surface area contributed by atoms with E-state index in [1.54, 1.807) is 0 Å². The van der Waals surface area contributed by atoms with Gasteiger partial charge < -0.3 is 0 Å². The van der Waals surface area contributed by atoms with Crippen LogP contribution in [0.3, 0.4) is 0 Å². The molecule has 0 unspecified atom stereocenters. The Bertz CT molecular complexity index is 131. The number of rotatable bonds is 1. The summed E-state index contributed by atoms with van der Waals surface area (Å²) >= 11 is 4.98. The molecule has 5 nitrogen and oxygen atoms in total. The van der Waals surface area contributed by atoms with Crippen molar-refractivity contribution in [1.82, 2.24) is 0 Å². The summed E-state index contributed by atoms with van der Waals surface area (Å²) in [6.45, 7) is -3.51. The van der Waals surface area contributed by atoms with Gasteiger partial charge in [-0.05, 0) is 0 Å². The van der Waals surface area contributed by atoms with Crippen LogP contribution in [0.15, 0.2) is 0 Å². The molecule has 0 aromatic rings. The van der Waals surface area contributed by atoms with Crippen molar-refractivity contribution in [2.45, 2.75) is 6.92 Å². The van der Waals surface area contributed by atoms with Crippen LogP contribution in [0.4, 0.5) is 0 Å². The van der Waals surface area contributed by atoms with Crippen molar-refractivity contribution in [3.8, 4) is 0 Å². The maximum atomic E-state index is 10.1. The van der Waals surface area contributed by atoms with E-state index in [-0.39, 0.29) is 0 Å². The van der Waals surface area contributed by atoms with E-state index in [9.17, 15) is 4.79 Å². The second-order valence-electron chi connectivity index (χ2n) is 1.60. The molecule has 0 saturated heterocycles. The van der Waals surface area contributed by atoms with Crippen LogP contribution in [-0.2, 0) is 9.32 Å². The summed E-state index contributed by atoms with van der Waals surface area (Å²) in [7, 11) is 0. The Labute approximate surface area is 56.9 Å². The van der Waals surface area contributed by atoms with Crippen molar-refractivity contribution < 1.29 is 14.2 Å². The van der Waals surface area contributed by atoms with Crippen molar-refractivity contribution in [2.75, 3.05) is 0 Å². The molecule has 56 valence electrons. The number of hydrogen-bond donors (Lipinski definition) is 3. The first kappa shape index (κ1) is 9.07. The molecular formula is C2H8ClN2O3P. The number of halogens is 1. The fourth-order valence-corrected chi connectivity index (χ4v) is 1.06. The van der Waals surface area contributed by atoms with Gasteiger partial charge in [-0.25, -0.2) is 0 Å². The monoisotopic (exact) mass is 174 g/mol. The third-order valence-corrected chi connectivity index (χ3v) is 1.13. The molecule has 0 heterocycles. The summed E-state index contributed by atoms with van der Waals surface area (Å²) in [5.74, 6) is -0.810. The molecule has 0 saturated carbocycles. The van der Waals surface area contributed by atoms with Gasteiger partial charge in [-0.2, -0.15) is 0 Å². The molecule has 0 atom stereocenters. The zero-order valence-electron chi connectivity index (χ0n) is 4.74. The van der Waals surface area contributed by atoms with Gasteiger partial charge in [-0.3, -0.25) is 0 Å². The molecule has 0 amide bonds. The predicted octanol–water partition coefficient (Wildman–Crippen LogP) is -0.174. The Morgan fingerprint density at radius 2 is 2.11 bits per heavy atom. The molecule has 0 fully saturated rings. The summed E-state index contributed by atoms with van der Waals surface area (Å²) < 4.78 is 3.99. The molecule has 0 aliphatic rings. The van der Waals surface area contributed by atoms with E-state index >= 15 is 0 Å². The molecule has 0 bridgehead atoms. The van der Waals surface area contributed by atoms with Gasteiger partial charge in [0.15, 0.2) is 0 Å². The van der Waals surface area contributed by atoms with E-state index in [4.69, 9.17) is 27.1 Å². The van der Waals surface area contributed by atoms with Crippen molar-refractivity contribution in [2.24, 2.45) is 11.0 Å². The SMILES string of the molecule is CC(=O)OP(N)(N)(O)Cl. The number of carbonyl (C=O) groups excluding carboxylic acids is 1. The molecule has 0 radical (unpaired) electrons. The molecule has 0 aromatic carbocycles. The summed E-state index contributed by atoms with van der Waals surface area (Å²) in [5, 5.41) is 0. The van der Waals surface area contributed by atoms with Crippen molar-refractivity contribution in [3.05, 3.63) is 0 Å². The van der Waals surface area contributed by atoms with Gasteiger partial charge in [-0.1, -0.05) is 0 Å². The van der Waals surface area contributed by atoms with Crippen molar-refractivity contribution in [3.63, 3.8) is 0 Å². The fourth-order valence-electron chi connectivity index (χ4n) is 0.255. The van der Waals surface area contributed by atoms with E-state index in [0.717, 1.165) is 6.92 Å². The normalized spacial score (nSPS) is 15.9.